The zero-order valence-corrected chi connectivity index (χ0v) is 10.3. The maximum absolute atomic E-state index is 6.24. The van der Waals surface area contributed by atoms with Gasteiger partial charge in [-0.2, -0.15) is 0 Å². The summed E-state index contributed by atoms with van der Waals surface area (Å²) in [5.74, 6) is 0. The summed E-state index contributed by atoms with van der Waals surface area (Å²) < 4.78 is 5.61. The van der Waals surface area contributed by atoms with Crippen LogP contribution in [0.4, 0.5) is 0 Å². The van der Waals surface area contributed by atoms with E-state index in [1.807, 2.05) is 7.11 Å². The van der Waals surface area contributed by atoms with Crippen LogP contribution in [0.15, 0.2) is 11.4 Å². The minimum absolute atomic E-state index is 0.0772. The molecule has 0 radical (unpaired) electrons. The first-order valence-corrected chi connectivity index (χ1v) is 6.39. The smallest absolute Gasteiger partial charge is 0.0696 e. The molecule has 1 atom stereocenters. The minimum atomic E-state index is 0.0772. The molecule has 3 heteroatoms. The van der Waals surface area contributed by atoms with Crippen molar-refractivity contribution in [3.63, 3.8) is 0 Å². The standard InChI is InChI=1S/C12H19NOS/c1-9-10(4-7-15-9)11(13)8-12(14-2)5-3-6-12/h4,7,11H,3,5-6,8,13H2,1-2H3. The van der Waals surface area contributed by atoms with Gasteiger partial charge in [0.1, 0.15) is 0 Å². The van der Waals surface area contributed by atoms with E-state index in [0.717, 1.165) is 6.42 Å². The van der Waals surface area contributed by atoms with Gasteiger partial charge in [-0.1, -0.05) is 0 Å². The first-order chi connectivity index (χ1) is 7.17. The predicted octanol–water partition coefficient (Wildman–Crippen LogP) is 3.02. The maximum Gasteiger partial charge on any atom is 0.0696 e. The van der Waals surface area contributed by atoms with Crippen molar-refractivity contribution in [2.75, 3.05) is 7.11 Å². The van der Waals surface area contributed by atoms with Crippen molar-refractivity contribution < 1.29 is 4.74 Å². The van der Waals surface area contributed by atoms with Crippen LogP contribution in [-0.2, 0) is 4.74 Å². The summed E-state index contributed by atoms with van der Waals surface area (Å²) in [6.07, 6.45) is 4.57. The Hall–Kier alpha value is -0.380. The van der Waals surface area contributed by atoms with E-state index in [4.69, 9.17) is 10.5 Å². The highest BCUT2D eigenvalue weighted by Gasteiger charge is 2.38. The summed E-state index contributed by atoms with van der Waals surface area (Å²) in [5.41, 5.74) is 7.61. The first-order valence-electron chi connectivity index (χ1n) is 5.52. The number of aryl methyl sites for hydroxylation is 1. The second kappa shape index (κ2) is 4.24. The Kier molecular flexibility index (Phi) is 3.14. The lowest BCUT2D eigenvalue weighted by Crippen LogP contribution is -2.41. The van der Waals surface area contributed by atoms with Crippen LogP contribution in [0, 0.1) is 6.92 Å². The molecule has 2 nitrogen and oxygen atoms in total. The lowest BCUT2D eigenvalue weighted by Gasteiger charge is -2.42. The SMILES string of the molecule is COC1(CC(N)c2ccsc2C)CCC1. The van der Waals surface area contributed by atoms with Gasteiger partial charge in [0.25, 0.3) is 0 Å². The van der Waals surface area contributed by atoms with Crippen LogP contribution in [0.1, 0.15) is 42.2 Å². The first kappa shape index (κ1) is 11.1. The van der Waals surface area contributed by atoms with Crippen LogP contribution in [0.25, 0.3) is 0 Å². The number of thiophene rings is 1. The van der Waals surface area contributed by atoms with Crippen LogP contribution < -0.4 is 5.73 Å². The zero-order chi connectivity index (χ0) is 10.9. The molecule has 1 fully saturated rings. The fourth-order valence-corrected chi connectivity index (χ4v) is 3.13. The number of nitrogens with two attached hydrogens (primary N) is 1. The van der Waals surface area contributed by atoms with Crippen molar-refractivity contribution >= 4 is 11.3 Å². The molecule has 0 saturated heterocycles. The van der Waals surface area contributed by atoms with Gasteiger partial charge in [0, 0.05) is 18.0 Å². The molecule has 0 spiro atoms. The Morgan fingerprint density at radius 1 is 1.60 bits per heavy atom. The van der Waals surface area contributed by atoms with E-state index in [1.54, 1.807) is 11.3 Å². The molecular weight excluding hydrogens is 206 g/mol. The van der Waals surface area contributed by atoms with Crippen molar-refractivity contribution in [1.82, 2.24) is 0 Å². The third-order valence-corrected chi connectivity index (χ3v) is 4.45. The summed E-state index contributed by atoms with van der Waals surface area (Å²) in [7, 11) is 1.81. The van der Waals surface area contributed by atoms with Gasteiger partial charge < -0.3 is 10.5 Å². The molecule has 1 aliphatic rings. The molecule has 1 aliphatic carbocycles. The van der Waals surface area contributed by atoms with Crippen molar-refractivity contribution in [1.29, 1.82) is 0 Å². The Balaban J connectivity index is 2.03. The van der Waals surface area contributed by atoms with Gasteiger partial charge in [-0.05, 0) is 49.6 Å². The van der Waals surface area contributed by atoms with Crippen molar-refractivity contribution in [3.8, 4) is 0 Å². The Morgan fingerprint density at radius 2 is 2.33 bits per heavy atom. The van der Waals surface area contributed by atoms with Gasteiger partial charge in [-0.3, -0.25) is 0 Å². The summed E-state index contributed by atoms with van der Waals surface area (Å²) >= 11 is 1.77. The largest absolute Gasteiger partial charge is 0.378 e. The number of hydrogen-bond donors (Lipinski definition) is 1. The molecule has 15 heavy (non-hydrogen) atoms. The lowest BCUT2D eigenvalue weighted by molar-refractivity contribution is -0.0817. The quantitative estimate of drug-likeness (QED) is 0.855. The van der Waals surface area contributed by atoms with Crippen molar-refractivity contribution in [2.45, 2.75) is 44.2 Å². The van der Waals surface area contributed by atoms with E-state index >= 15 is 0 Å². The summed E-state index contributed by atoms with van der Waals surface area (Å²) in [4.78, 5) is 1.34. The van der Waals surface area contributed by atoms with Crippen LogP contribution in [-0.4, -0.2) is 12.7 Å². The molecule has 84 valence electrons. The van der Waals surface area contributed by atoms with Gasteiger partial charge in [0.2, 0.25) is 0 Å². The highest BCUT2D eigenvalue weighted by molar-refractivity contribution is 7.10. The summed E-state index contributed by atoms with van der Waals surface area (Å²) in [5, 5.41) is 2.12. The second-order valence-electron chi connectivity index (χ2n) is 4.48. The molecule has 1 saturated carbocycles. The fraction of sp³-hybridized carbons (Fsp3) is 0.667. The van der Waals surface area contributed by atoms with E-state index < -0.39 is 0 Å². The Bertz CT molecular complexity index is 325. The highest BCUT2D eigenvalue weighted by Crippen LogP contribution is 2.41. The molecule has 1 aromatic heterocycles. The lowest BCUT2D eigenvalue weighted by atomic mass is 9.75. The van der Waals surface area contributed by atoms with Crippen LogP contribution in [0.3, 0.4) is 0 Å². The van der Waals surface area contributed by atoms with Gasteiger partial charge >= 0.3 is 0 Å². The molecular formula is C12H19NOS. The van der Waals surface area contributed by atoms with Crippen LogP contribution >= 0.6 is 11.3 Å². The molecule has 0 amide bonds. The fourth-order valence-electron chi connectivity index (χ4n) is 2.35. The summed E-state index contributed by atoms with van der Waals surface area (Å²) in [6.45, 7) is 2.14. The minimum Gasteiger partial charge on any atom is -0.378 e. The molecule has 2 N–H and O–H groups in total. The molecule has 1 heterocycles. The van der Waals surface area contributed by atoms with E-state index in [1.165, 1.54) is 29.7 Å². The van der Waals surface area contributed by atoms with E-state index in [2.05, 4.69) is 18.4 Å². The van der Waals surface area contributed by atoms with E-state index in [-0.39, 0.29) is 11.6 Å². The number of ether oxygens (including phenoxy) is 1. The second-order valence-corrected chi connectivity index (χ2v) is 5.60. The maximum atomic E-state index is 6.24. The molecule has 1 aromatic rings. The Labute approximate surface area is 95.4 Å². The zero-order valence-electron chi connectivity index (χ0n) is 9.45. The van der Waals surface area contributed by atoms with E-state index in [9.17, 15) is 0 Å². The molecule has 0 bridgehead atoms. The third-order valence-electron chi connectivity index (χ3n) is 3.59. The van der Waals surface area contributed by atoms with Gasteiger partial charge in [-0.25, -0.2) is 0 Å². The summed E-state index contributed by atoms with van der Waals surface area (Å²) in [6, 6.07) is 2.28. The average molecular weight is 225 g/mol. The topological polar surface area (TPSA) is 35.2 Å². The van der Waals surface area contributed by atoms with Gasteiger partial charge in [0.15, 0.2) is 0 Å². The van der Waals surface area contributed by atoms with Crippen molar-refractivity contribution in [2.24, 2.45) is 5.73 Å². The number of methoxy groups -OCH3 is 1. The molecule has 0 aromatic carbocycles. The van der Waals surface area contributed by atoms with Crippen molar-refractivity contribution in [3.05, 3.63) is 21.9 Å². The predicted molar refractivity (Wildman–Crippen MR) is 64.2 cm³/mol. The normalized spacial score (nSPS) is 21.0. The third kappa shape index (κ3) is 2.10. The van der Waals surface area contributed by atoms with Gasteiger partial charge in [0.05, 0.1) is 5.60 Å². The number of hydrogen-bond acceptors (Lipinski definition) is 3. The van der Waals surface area contributed by atoms with Crippen LogP contribution in [0.5, 0.6) is 0 Å². The Morgan fingerprint density at radius 3 is 2.73 bits per heavy atom. The highest BCUT2D eigenvalue weighted by atomic mass is 32.1. The number of rotatable bonds is 4. The van der Waals surface area contributed by atoms with Gasteiger partial charge in [-0.15, -0.1) is 11.3 Å². The molecule has 0 aliphatic heterocycles. The molecule has 1 unspecified atom stereocenters. The molecule has 2 rings (SSSR count). The van der Waals surface area contributed by atoms with E-state index in [0.29, 0.717) is 0 Å². The average Bonchev–Trinajstić information content (AvgIpc) is 2.58. The monoisotopic (exact) mass is 225 g/mol. The van der Waals surface area contributed by atoms with Crippen LogP contribution in [0.2, 0.25) is 0 Å².